The zero-order valence-corrected chi connectivity index (χ0v) is 16.2. The van der Waals surface area contributed by atoms with Crippen LogP contribution in [0.3, 0.4) is 0 Å². The molecule has 5 heteroatoms. The Kier molecular flexibility index (Phi) is 3.35. The van der Waals surface area contributed by atoms with E-state index >= 15 is 0 Å². The van der Waals surface area contributed by atoms with Crippen LogP contribution in [0.15, 0.2) is 62.2 Å². The summed E-state index contributed by atoms with van der Waals surface area (Å²) in [4.78, 5) is 19.3. The molecule has 28 heavy (non-hydrogen) atoms. The topological polar surface area (TPSA) is 59.5 Å². The number of hydrogen-bond acceptors (Lipinski definition) is 5. The first-order valence-corrected chi connectivity index (χ1v) is 9.25. The van der Waals surface area contributed by atoms with E-state index in [0.717, 1.165) is 16.6 Å². The van der Waals surface area contributed by atoms with Crippen LogP contribution in [-0.2, 0) is 0 Å². The lowest BCUT2D eigenvalue weighted by atomic mass is 9.88. The Morgan fingerprint density at radius 3 is 2.54 bits per heavy atom. The van der Waals surface area contributed by atoms with Gasteiger partial charge in [-0.15, -0.1) is 0 Å². The fourth-order valence-electron chi connectivity index (χ4n) is 3.90. The molecule has 0 amide bonds. The summed E-state index contributed by atoms with van der Waals surface area (Å²) in [5.74, 6) is 0.278. The lowest BCUT2D eigenvalue weighted by molar-refractivity contribution is 0.552. The largest absolute Gasteiger partial charge is 0.436 e. The molecule has 1 aliphatic rings. The van der Waals surface area contributed by atoms with Crippen LogP contribution in [0.2, 0.25) is 0 Å². The van der Waals surface area contributed by atoms with Crippen LogP contribution in [0, 0.1) is 0 Å². The van der Waals surface area contributed by atoms with E-state index in [2.05, 4.69) is 49.8 Å². The van der Waals surface area contributed by atoms with Crippen molar-refractivity contribution in [2.45, 2.75) is 26.3 Å². The monoisotopic (exact) mass is 372 g/mol. The number of likely N-dealkylation sites (N-methyl/N-ethyl adjacent to an activating group) is 1. The molecular weight excluding hydrogens is 352 g/mol. The molecule has 5 rings (SSSR count). The second kappa shape index (κ2) is 5.58. The van der Waals surface area contributed by atoms with E-state index < -0.39 is 5.63 Å². The van der Waals surface area contributed by atoms with Crippen molar-refractivity contribution in [2.24, 2.45) is 0 Å². The molecule has 0 saturated heterocycles. The Bertz CT molecular complexity index is 1310. The molecule has 0 bridgehead atoms. The van der Waals surface area contributed by atoms with E-state index in [1.807, 2.05) is 30.3 Å². The molecule has 0 N–H and O–H groups in total. The van der Waals surface area contributed by atoms with Gasteiger partial charge >= 0.3 is 5.63 Å². The second-order valence-corrected chi connectivity index (χ2v) is 7.88. The maximum atomic E-state index is 12.7. The molecule has 3 heterocycles. The molecule has 0 saturated carbocycles. The molecule has 0 radical (unpaired) electrons. The third kappa shape index (κ3) is 2.39. The predicted octanol–water partition coefficient (Wildman–Crippen LogP) is 5.23. The molecule has 0 unspecified atom stereocenters. The maximum absolute atomic E-state index is 12.7. The maximum Gasteiger partial charge on any atom is 0.349 e. The first kappa shape index (κ1) is 16.8. The number of hydrogen-bond donors (Lipinski definition) is 0. The number of oxazole rings is 1. The van der Waals surface area contributed by atoms with Crippen molar-refractivity contribution in [1.29, 1.82) is 0 Å². The zero-order valence-electron chi connectivity index (χ0n) is 16.2. The van der Waals surface area contributed by atoms with Crippen LogP contribution in [0.25, 0.3) is 39.1 Å². The Labute approximate surface area is 161 Å². The molecule has 0 aliphatic carbocycles. The summed E-state index contributed by atoms with van der Waals surface area (Å²) in [6.07, 6.45) is 2.25. The number of nitrogens with zero attached hydrogens (tertiary/aromatic N) is 2. The fourth-order valence-corrected chi connectivity index (χ4v) is 3.90. The Balaban J connectivity index is 1.73. The highest BCUT2D eigenvalue weighted by Crippen LogP contribution is 2.40. The van der Waals surface area contributed by atoms with Crippen molar-refractivity contribution < 1.29 is 8.83 Å². The van der Waals surface area contributed by atoms with E-state index in [4.69, 9.17) is 8.83 Å². The normalized spacial score (nSPS) is 15.7. The Hall–Kier alpha value is -3.34. The molecule has 1 aliphatic heterocycles. The number of para-hydroxylation sites is 2. The van der Waals surface area contributed by atoms with Gasteiger partial charge in [0.15, 0.2) is 5.58 Å². The minimum absolute atomic E-state index is 0.108. The average molecular weight is 372 g/mol. The van der Waals surface area contributed by atoms with Gasteiger partial charge in [0.2, 0.25) is 5.89 Å². The number of benzene rings is 2. The van der Waals surface area contributed by atoms with Crippen LogP contribution in [0.5, 0.6) is 0 Å². The quantitative estimate of drug-likeness (QED) is 0.428. The predicted molar refractivity (Wildman–Crippen MR) is 112 cm³/mol. The smallest absolute Gasteiger partial charge is 0.349 e. The first-order chi connectivity index (χ1) is 13.3. The van der Waals surface area contributed by atoms with Crippen LogP contribution >= 0.6 is 0 Å². The molecule has 140 valence electrons. The highest BCUT2D eigenvalue weighted by Gasteiger charge is 2.29. The first-order valence-electron chi connectivity index (χ1n) is 9.25. The van der Waals surface area contributed by atoms with Crippen LogP contribution < -0.4 is 10.5 Å². The highest BCUT2D eigenvalue weighted by atomic mass is 16.4. The third-order valence-corrected chi connectivity index (χ3v) is 5.60. The van der Waals surface area contributed by atoms with Crippen molar-refractivity contribution in [2.75, 3.05) is 11.9 Å². The van der Waals surface area contributed by atoms with Crippen molar-refractivity contribution in [3.8, 4) is 11.5 Å². The summed E-state index contributed by atoms with van der Waals surface area (Å²) >= 11 is 0. The van der Waals surface area contributed by atoms with Gasteiger partial charge in [0.05, 0.1) is 5.54 Å². The highest BCUT2D eigenvalue weighted by molar-refractivity contribution is 5.92. The van der Waals surface area contributed by atoms with Crippen LogP contribution in [0.4, 0.5) is 5.69 Å². The van der Waals surface area contributed by atoms with Crippen molar-refractivity contribution >= 4 is 33.3 Å². The average Bonchev–Trinajstić information content (AvgIpc) is 3.08. The summed E-state index contributed by atoms with van der Waals surface area (Å²) in [5.41, 5.74) is 5.06. The SMILES string of the molecule is CC1=CC(C)(C)N(C)c2cc3oc(=O)c(-c4nc5ccccc5o4)cc3cc21. The minimum Gasteiger partial charge on any atom is -0.436 e. The Morgan fingerprint density at radius 1 is 1.00 bits per heavy atom. The summed E-state index contributed by atoms with van der Waals surface area (Å²) in [7, 11) is 2.05. The third-order valence-electron chi connectivity index (χ3n) is 5.60. The number of aromatic nitrogens is 1. The van der Waals surface area contributed by atoms with Crippen molar-refractivity contribution in [1.82, 2.24) is 4.98 Å². The van der Waals surface area contributed by atoms with E-state index in [9.17, 15) is 4.79 Å². The van der Waals surface area contributed by atoms with E-state index in [0.29, 0.717) is 22.2 Å². The van der Waals surface area contributed by atoms with E-state index in [1.165, 1.54) is 5.57 Å². The van der Waals surface area contributed by atoms with Gasteiger partial charge in [-0.05, 0) is 50.6 Å². The van der Waals surface area contributed by atoms with Gasteiger partial charge < -0.3 is 13.7 Å². The van der Waals surface area contributed by atoms with E-state index in [-0.39, 0.29) is 11.4 Å². The van der Waals surface area contributed by atoms with Gasteiger partial charge in [0, 0.05) is 29.8 Å². The number of fused-ring (bicyclic) bond motifs is 3. The molecule has 5 nitrogen and oxygen atoms in total. The standard InChI is InChI=1S/C23H20N2O3/c1-13-12-23(2,3)25(4)18-11-20-14(9-15(13)18)10-16(22(26)28-20)21-24-17-7-5-6-8-19(17)27-21/h5-12H,1-4H3. The summed E-state index contributed by atoms with van der Waals surface area (Å²) < 4.78 is 11.4. The fraction of sp³-hybridized carbons (Fsp3) is 0.217. The second-order valence-electron chi connectivity index (χ2n) is 7.88. The zero-order chi connectivity index (χ0) is 19.6. The number of anilines is 1. The Morgan fingerprint density at radius 2 is 1.75 bits per heavy atom. The molecule has 4 aromatic rings. The minimum atomic E-state index is -0.455. The summed E-state index contributed by atoms with van der Waals surface area (Å²) in [5, 5.41) is 0.844. The summed E-state index contributed by atoms with van der Waals surface area (Å²) in [6.45, 7) is 6.44. The number of allylic oxidation sites excluding steroid dienone is 1. The molecule has 0 fully saturated rings. The lowest BCUT2D eigenvalue weighted by Crippen LogP contribution is -2.42. The molecule has 2 aromatic carbocycles. The van der Waals surface area contributed by atoms with Gasteiger partial charge in [0.25, 0.3) is 0 Å². The van der Waals surface area contributed by atoms with Crippen molar-refractivity contribution in [3.63, 3.8) is 0 Å². The van der Waals surface area contributed by atoms with Gasteiger partial charge in [0.1, 0.15) is 16.7 Å². The lowest BCUT2D eigenvalue weighted by Gasteiger charge is -2.40. The molecule has 2 aromatic heterocycles. The molecular formula is C23H20N2O3. The van der Waals surface area contributed by atoms with Gasteiger partial charge in [-0.3, -0.25) is 0 Å². The van der Waals surface area contributed by atoms with Gasteiger partial charge in [-0.2, -0.15) is 0 Å². The molecule has 0 spiro atoms. The van der Waals surface area contributed by atoms with Gasteiger partial charge in [-0.1, -0.05) is 18.2 Å². The van der Waals surface area contributed by atoms with E-state index in [1.54, 1.807) is 6.07 Å². The molecule has 0 atom stereocenters. The van der Waals surface area contributed by atoms with Crippen LogP contribution in [0.1, 0.15) is 26.3 Å². The van der Waals surface area contributed by atoms with Crippen molar-refractivity contribution in [3.05, 3.63) is 64.5 Å². The summed E-state index contributed by atoms with van der Waals surface area (Å²) in [6, 6.07) is 13.3. The van der Waals surface area contributed by atoms with Gasteiger partial charge in [-0.25, -0.2) is 9.78 Å². The van der Waals surface area contributed by atoms with Crippen LogP contribution in [-0.4, -0.2) is 17.6 Å². The number of rotatable bonds is 1.